The van der Waals surface area contributed by atoms with Gasteiger partial charge in [-0.25, -0.2) is 4.79 Å². The van der Waals surface area contributed by atoms with Crippen LogP contribution in [0.3, 0.4) is 0 Å². The number of pyridine rings is 1. The minimum Gasteiger partial charge on any atom is -0.465 e. The lowest BCUT2D eigenvalue weighted by molar-refractivity contribution is -0.137. The fourth-order valence-electron chi connectivity index (χ4n) is 1.70. The summed E-state index contributed by atoms with van der Waals surface area (Å²) in [6.07, 6.45) is -1.73. The van der Waals surface area contributed by atoms with E-state index in [-0.39, 0.29) is 5.56 Å². The topological polar surface area (TPSA) is 39.2 Å². The minimum absolute atomic E-state index is 0.183. The van der Waals surface area contributed by atoms with E-state index in [0.29, 0.717) is 11.1 Å². The quantitative estimate of drug-likeness (QED) is 0.790. The summed E-state index contributed by atoms with van der Waals surface area (Å²) in [5, 5.41) is 0. The molecule has 0 unspecified atom stereocenters. The smallest absolute Gasteiger partial charge is 0.416 e. The second kappa shape index (κ2) is 5.32. The molecule has 1 aromatic heterocycles. The van der Waals surface area contributed by atoms with Crippen LogP contribution in [0.1, 0.15) is 15.9 Å². The Hall–Kier alpha value is -2.37. The highest BCUT2D eigenvalue weighted by Gasteiger charge is 2.30. The number of ether oxygens (including phenoxy) is 1. The third-order valence-corrected chi connectivity index (χ3v) is 2.68. The molecule has 0 bridgehead atoms. The van der Waals surface area contributed by atoms with Crippen LogP contribution in [-0.4, -0.2) is 18.1 Å². The average molecular weight is 281 g/mol. The number of alkyl halides is 3. The molecule has 0 aliphatic carbocycles. The van der Waals surface area contributed by atoms with Crippen LogP contribution in [0.2, 0.25) is 0 Å². The molecule has 0 saturated carbocycles. The van der Waals surface area contributed by atoms with Gasteiger partial charge in [-0.2, -0.15) is 13.2 Å². The van der Waals surface area contributed by atoms with Crippen LogP contribution in [0.4, 0.5) is 13.2 Å². The Balaban J connectivity index is 2.44. The third-order valence-electron chi connectivity index (χ3n) is 2.68. The first kappa shape index (κ1) is 14.0. The zero-order chi connectivity index (χ0) is 14.8. The van der Waals surface area contributed by atoms with Crippen molar-refractivity contribution < 1.29 is 22.7 Å². The summed E-state index contributed by atoms with van der Waals surface area (Å²) in [7, 11) is 1.22. The molecule has 0 saturated heterocycles. The fraction of sp³-hybridized carbons (Fsp3) is 0.143. The Morgan fingerprint density at radius 1 is 1.15 bits per heavy atom. The number of halogens is 3. The van der Waals surface area contributed by atoms with E-state index in [1.165, 1.54) is 37.7 Å². The second-order valence-corrected chi connectivity index (χ2v) is 4.03. The number of esters is 1. The monoisotopic (exact) mass is 281 g/mol. The van der Waals surface area contributed by atoms with Gasteiger partial charge in [0, 0.05) is 18.0 Å². The molecular weight excluding hydrogens is 271 g/mol. The van der Waals surface area contributed by atoms with Crippen molar-refractivity contribution in [3.05, 3.63) is 53.9 Å². The van der Waals surface area contributed by atoms with E-state index in [0.717, 1.165) is 12.1 Å². The Labute approximate surface area is 113 Å². The van der Waals surface area contributed by atoms with Gasteiger partial charge in [0.15, 0.2) is 0 Å². The molecule has 0 fully saturated rings. The van der Waals surface area contributed by atoms with Crippen LogP contribution < -0.4 is 0 Å². The number of hydrogen-bond acceptors (Lipinski definition) is 3. The molecule has 0 aliphatic rings. The maximum Gasteiger partial charge on any atom is 0.416 e. The van der Waals surface area contributed by atoms with Crippen molar-refractivity contribution in [2.75, 3.05) is 7.11 Å². The van der Waals surface area contributed by atoms with Crippen LogP contribution in [0.15, 0.2) is 42.7 Å². The first-order valence-electron chi connectivity index (χ1n) is 5.63. The molecule has 104 valence electrons. The van der Waals surface area contributed by atoms with Gasteiger partial charge in [-0.1, -0.05) is 12.1 Å². The second-order valence-electron chi connectivity index (χ2n) is 4.03. The van der Waals surface area contributed by atoms with E-state index in [4.69, 9.17) is 0 Å². The number of rotatable bonds is 2. The Kier molecular flexibility index (Phi) is 3.74. The highest BCUT2D eigenvalue weighted by Crippen LogP contribution is 2.32. The number of carbonyl (C=O) groups is 1. The Morgan fingerprint density at radius 3 is 2.55 bits per heavy atom. The van der Waals surface area contributed by atoms with Gasteiger partial charge >= 0.3 is 12.1 Å². The van der Waals surface area contributed by atoms with Gasteiger partial charge in [-0.15, -0.1) is 0 Å². The standard InChI is InChI=1S/C14H10F3NO2/c1-20-13(19)11-5-10(7-18-8-11)9-3-2-4-12(6-9)14(15,16)17/h2-8H,1H3. The Morgan fingerprint density at radius 2 is 1.90 bits per heavy atom. The lowest BCUT2D eigenvalue weighted by Crippen LogP contribution is -2.05. The van der Waals surface area contributed by atoms with Crippen LogP contribution in [0.25, 0.3) is 11.1 Å². The van der Waals surface area contributed by atoms with Gasteiger partial charge in [0.05, 0.1) is 18.2 Å². The summed E-state index contributed by atoms with van der Waals surface area (Å²) in [6.45, 7) is 0. The van der Waals surface area contributed by atoms with Crippen molar-refractivity contribution in [2.24, 2.45) is 0 Å². The Bertz CT molecular complexity index is 638. The number of methoxy groups -OCH3 is 1. The van der Waals surface area contributed by atoms with Gasteiger partial charge < -0.3 is 4.74 Å². The van der Waals surface area contributed by atoms with E-state index < -0.39 is 17.7 Å². The van der Waals surface area contributed by atoms with Crippen LogP contribution in [0, 0.1) is 0 Å². The molecule has 1 heterocycles. The average Bonchev–Trinajstić information content (AvgIpc) is 2.46. The van der Waals surface area contributed by atoms with Crippen molar-refractivity contribution in [2.45, 2.75) is 6.18 Å². The van der Waals surface area contributed by atoms with Crippen molar-refractivity contribution >= 4 is 5.97 Å². The lowest BCUT2D eigenvalue weighted by Gasteiger charge is -2.09. The molecule has 1 aromatic carbocycles. The summed E-state index contributed by atoms with van der Waals surface area (Å²) < 4.78 is 42.5. The summed E-state index contributed by atoms with van der Waals surface area (Å²) in [6, 6.07) is 6.27. The minimum atomic E-state index is -4.41. The maximum absolute atomic E-state index is 12.7. The molecule has 3 nitrogen and oxygen atoms in total. The summed E-state index contributed by atoms with van der Waals surface area (Å²) in [5.41, 5.74) is 0.179. The molecule has 0 aliphatic heterocycles. The number of carbonyl (C=O) groups excluding carboxylic acids is 1. The van der Waals surface area contributed by atoms with E-state index in [1.807, 2.05) is 0 Å². The van der Waals surface area contributed by atoms with Crippen LogP contribution in [0.5, 0.6) is 0 Å². The SMILES string of the molecule is COC(=O)c1cncc(-c2cccc(C(F)(F)F)c2)c1. The number of hydrogen-bond donors (Lipinski definition) is 0. The van der Waals surface area contributed by atoms with Gasteiger partial charge in [0.2, 0.25) is 0 Å². The molecule has 0 radical (unpaired) electrons. The first-order valence-corrected chi connectivity index (χ1v) is 5.63. The molecule has 0 spiro atoms. The molecule has 2 aromatic rings. The molecule has 6 heteroatoms. The van der Waals surface area contributed by atoms with Crippen molar-refractivity contribution in [1.82, 2.24) is 4.98 Å². The van der Waals surface area contributed by atoms with Crippen molar-refractivity contribution in [1.29, 1.82) is 0 Å². The highest BCUT2D eigenvalue weighted by atomic mass is 19.4. The fourth-order valence-corrected chi connectivity index (χ4v) is 1.70. The summed E-state index contributed by atoms with van der Waals surface area (Å²) in [4.78, 5) is 15.2. The highest BCUT2D eigenvalue weighted by molar-refractivity contribution is 5.90. The molecular formula is C14H10F3NO2. The third kappa shape index (κ3) is 2.96. The largest absolute Gasteiger partial charge is 0.465 e. The van der Waals surface area contributed by atoms with Crippen LogP contribution >= 0.6 is 0 Å². The van der Waals surface area contributed by atoms with E-state index in [2.05, 4.69) is 9.72 Å². The number of nitrogens with zero attached hydrogens (tertiary/aromatic N) is 1. The normalized spacial score (nSPS) is 11.2. The summed E-state index contributed by atoms with van der Waals surface area (Å²) >= 11 is 0. The predicted molar refractivity (Wildman–Crippen MR) is 66.0 cm³/mol. The van der Waals surface area contributed by atoms with Gasteiger partial charge in [0.25, 0.3) is 0 Å². The lowest BCUT2D eigenvalue weighted by atomic mass is 10.0. The maximum atomic E-state index is 12.7. The molecule has 20 heavy (non-hydrogen) atoms. The molecule has 2 rings (SSSR count). The van der Waals surface area contributed by atoms with E-state index in [1.54, 1.807) is 0 Å². The van der Waals surface area contributed by atoms with Gasteiger partial charge in [-0.3, -0.25) is 4.98 Å². The van der Waals surface area contributed by atoms with E-state index in [9.17, 15) is 18.0 Å². The zero-order valence-corrected chi connectivity index (χ0v) is 10.4. The summed E-state index contributed by atoms with van der Waals surface area (Å²) in [5.74, 6) is -0.591. The van der Waals surface area contributed by atoms with Gasteiger partial charge in [-0.05, 0) is 23.8 Å². The van der Waals surface area contributed by atoms with Crippen molar-refractivity contribution in [3.63, 3.8) is 0 Å². The molecule has 0 atom stereocenters. The predicted octanol–water partition coefficient (Wildman–Crippen LogP) is 3.55. The molecule has 0 amide bonds. The van der Waals surface area contributed by atoms with Crippen LogP contribution in [-0.2, 0) is 10.9 Å². The molecule has 0 N–H and O–H groups in total. The zero-order valence-electron chi connectivity index (χ0n) is 10.4. The van der Waals surface area contributed by atoms with Crippen molar-refractivity contribution in [3.8, 4) is 11.1 Å². The van der Waals surface area contributed by atoms with E-state index >= 15 is 0 Å². The number of benzene rings is 1. The van der Waals surface area contributed by atoms with Gasteiger partial charge in [0.1, 0.15) is 0 Å². The first-order chi connectivity index (χ1) is 9.41. The number of aromatic nitrogens is 1.